The van der Waals surface area contributed by atoms with Crippen LogP contribution < -0.4 is 10.1 Å². The highest BCUT2D eigenvalue weighted by Crippen LogP contribution is 2.21. The molecule has 1 aromatic rings. The molecule has 0 radical (unpaired) electrons. The van der Waals surface area contributed by atoms with Gasteiger partial charge in [0.05, 0.1) is 32.0 Å². The topological polar surface area (TPSA) is 39.7 Å². The Labute approximate surface area is 119 Å². The molecule has 4 nitrogen and oxygen atoms in total. The van der Waals surface area contributed by atoms with E-state index in [2.05, 4.69) is 5.32 Å². The van der Waals surface area contributed by atoms with Crippen molar-refractivity contribution in [2.75, 3.05) is 26.8 Å². The fraction of sp³-hybridized carbons (Fsp3) is 0.600. The van der Waals surface area contributed by atoms with Gasteiger partial charge in [0.25, 0.3) is 0 Å². The number of halogens is 1. The number of ether oxygens (including phenoxy) is 3. The van der Waals surface area contributed by atoms with Crippen LogP contribution in [-0.2, 0) is 16.1 Å². The zero-order valence-electron chi connectivity index (χ0n) is 12.2. The first-order valence-electron chi connectivity index (χ1n) is 6.79. The highest BCUT2D eigenvalue weighted by molar-refractivity contribution is 5.30. The van der Waals surface area contributed by atoms with E-state index in [-0.39, 0.29) is 29.9 Å². The number of benzene rings is 1. The van der Waals surface area contributed by atoms with Gasteiger partial charge in [0, 0.05) is 18.7 Å². The molecule has 0 amide bonds. The lowest BCUT2D eigenvalue weighted by Crippen LogP contribution is -2.51. The third kappa shape index (κ3) is 3.91. The monoisotopic (exact) mass is 283 g/mol. The van der Waals surface area contributed by atoms with Crippen molar-refractivity contribution in [1.29, 1.82) is 0 Å². The molecule has 0 spiro atoms. The minimum atomic E-state index is -0.363. The van der Waals surface area contributed by atoms with E-state index in [1.54, 1.807) is 18.2 Å². The molecule has 1 aliphatic heterocycles. The van der Waals surface area contributed by atoms with Crippen molar-refractivity contribution < 1.29 is 18.6 Å². The smallest absolute Gasteiger partial charge is 0.170 e. The van der Waals surface area contributed by atoms with Crippen LogP contribution in [0.2, 0.25) is 0 Å². The van der Waals surface area contributed by atoms with Gasteiger partial charge in [-0.05, 0) is 19.9 Å². The lowest BCUT2D eigenvalue weighted by atomic mass is 10.1. The summed E-state index contributed by atoms with van der Waals surface area (Å²) in [4.78, 5) is 0. The summed E-state index contributed by atoms with van der Waals surface area (Å²) in [5, 5.41) is 3.30. The molecular weight excluding hydrogens is 261 g/mol. The second-order valence-corrected chi connectivity index (χ2v) is 5.58. The van der Waals surface area contributed by atoms with Crippen molar-refractivity contribution in [1.82, 2.24) is 5.32 Å². The Hall–Kier alpha value is -1.17. The Bertz CT molecular complexity index is 451. The zero-order valence-corrected chi connectivity index (χ0v) is 12.2. The lowest BCUT2D eigenvalue weighted by molar-refractivity contribution is -0.122. The minimum Gasteiger partial charge on any atom is -0.494 e. The van der Waals surface area contributed by atoms with Crippen LogP contribution in [0.25, 0.3) is 0 Å². The molecule has 1 N–H and O–H groups in total. The molecular formula is C15H22FNO3. The van der Waals surface area contributed by atoms with Crippen molar-refractivity contribution in [2.24, 2.45) is 0 Å². The van der Waals surface area contributed by atoms with Gasteiger partial charge in [-0.15, -0.1) is 0 Å². The third-order valence-electron chi connectivity index (χ3n) is 3.23. The minimum absolute atomic E-state index is 0.00702. The quantitative estimate of drug-likeness (QED) is 0.898. The molecule has 1 fully saturated rings. The Kier molecular flexibility index (Phi) is 4.96. The van der Waals surface area contributed by atoms with Crippen molar-refractivity contribution >= 4 is 0 Å². The van der Waals surface area contributed by atoms with E-state index in [4.69, 9.17) is 14.2 Å². The maximum absolute atomic E-state index is 13.9. The van der Waals surface area contributed by atoms with Crippen LogP contribution in [0.4, 0.5) is 4.39 Å². The summed E-state index contributed by atoms with van der Waals surface area (Å²) in [5.41, 5.74) is 0.306. The van der Waals surface area contributed by atoms with E-state index in [1.807, 2.05) is 13.8 Å². The van der Waals surface area contributed by atoms with Gasteiger partial charge >= 0.3 is 0 Å². The SMILES string of the molecule is COc1cccc(COCC2CNCC(C)(C)O2)c1F. The number of nitrogens with one attached hydrogen (secondary N) is 1. The van der Waals surface area contributed by atoms with Gasteiger partial charge in [0.2, 0.25) is 0 Å². The molecule has 0 bridgehead atoms. The van der Waals surface area contributed by atoms with E-state index in [0.717, 1.165) is 13.1 Å². The maximum atomic E-state index is 13.9. The third-order valence-corrected chi connectivity index (χ3v) is 3.23. The second-order valence-electron chi connectivity index (χ2n) is 5.58. The number of methoxy groups -OCH3 is 1. The van der Waals surface area contributed by atoms with Crippen LogP contribution in [0.3, 0.4) is 0 Å². The Morgan fingerprint density at radius 3 is 2.95 bits per heavy atom. The molecule has 20 heavy (non-hydrogen) atoms. The van der Waals surface area contributed by atoms with Crippen LogP contribution in [0.1, 0.15) is 19.4 Å². The van der Waals surface area contributed by atoms with Crippen LogP contribution in [0.5, 0.6) is 5.75 Å². The number of morpholine rings is 1. The first kappa shape index (κ1) is 15.2. The van der Waals surface area contributed by atoms with E-state index < -0.39 is 0 Å². The second kappa shape index (κ2) is 6.52. The summed E-state index contributed by atoms with van der Waals surface area (Å²) in [6.07, 6.45) is -0.00702. The highest BCUT2D eigenvalue weighted by Gasteiger charge is 2.28. The van der Waals surface area contributed by atoms with Crippen molar-refractivity contribution in [2.45, 2.75) is 32.2 Å². The molecule has 1 aromatic carbocycles. The fourth-order valence-electron chi connectivity index (χ4n) is 2.29. The number of hydrogen-bond acceptors (Lipinski definition) is 4. The Balaban J connectivity index is 1.84. The fourth-order valence-corrected chi connectivity index (χ4v) is 2.29. The average molecular weight is 283 g/mol. The standard InChI is InChI=1S/C15H22FNO3/c1-15(2)10-17-7-12(20-15)9-19-8-11-5-4-6-13(18-3)14(11)16/h4-6,12,17H,7-10H2,1-3H3. The van der Waals surface area contributed by atoms with Crippen molar-refractivity contribution in [3.63, 3.8) is 0 Å². The Morgan fingerprint density at radius 1 is 1.45 bits per heavy atom. The van der Waals surface area contributed by atoms with Gasteiger partial charge in [-0.2, -0.15) is 0 Å². The highest BCUT2D eigenvalue weighted by atomic mass is 19.1. The van der Waals surface area contributed by atoms with Crippen LogP contribution in [-0.4, -0.2) is 38.5 Å². The first-order valence-corrected chi connectivity index (χ1v) is 6.79. The van der Waals surface area contributed by atoms with Gasteiger partial charge in [-0.3, -0.25) is 0 Å². The van der Waals surface area contributed by atoms with Crippen molar-refractivity contribution in [3.8, 4) is 5.75 Å². The van der Waals surface area contributed by atoms with E-state index in [9.17, 15) is 4.39 Å². The molecule has 1 aliphatic rings. The van der Waals surface area contributed by atoms with E-state index in [0.29, 0.717) is 12.2 Å². The molecule has 0 aromatic heterocycles. The Morgan fingerprint density at radius 2 is 2.25 bits per heavy atom. The van der Waals surface area contributed by atoms with Crippen LogP contribution in [0, 0.1) is 5.82 Å². The zero-order chi connectivity index (χ0) is 14.6. The number of rotatable bonds is 5. The van der Waals surface area contributed by atoms with Gasteiger partial charge < -0.3 is 19.5 Å². The normalized spacial score (nSPS) is 21.7. The maximum Gasteiger partial charge on any atom is 0.170 e. The summed E-state index contributed by atoms with van der Waals surface area (Å²) in [7, 11) is 1.45. The molecule has 1 saturated heterocycles. The largest absolute Gasteiger partial charge is 0.494 e. The molecule has 2 rings (SSSR count). The first-order chi connectivity index (χ1) is 9.52. The molecule has 0 saturated carbocycles. The molecule has 5 heteroatoms. The van der Waals surface area contributed by atoms with Crippen LogP contribution in [0.15, 0.2) is 18.2 Å². The van der Waals surface area contributed by atoms with Gasteiger partial charge in [-0.25, -0.2) is 4.39 Å². The predicted octanol–water partition coefficient (Wildman–Crippen LogP) is 2.12. The molecule has 0 aliphatic carbocycles. The molecule has 112 valence electrons. The van der Waals surface area contributed by atoms with Gasteiger partial charge in [0.1, 0.15) is 0 Å². The van der Waals surface area contributed by atoms with Gasteiger partial charge in [0.15, 0.2) is 11.6 Å². The molecule has 1 heterocycles. The van der Waals surface area contributed by atoms with Crippen LogP contribution >= 0.6 is 0 Å². The molecule has 1 unspecified atom stereocenters. The predicted molar refractivity (Wildman–Crippen MR) is 74.4 cm³/mol. The summed E-state index contributed by atoms with van der Waals surface area (Å²) in [5.74, 6) is -0.124. The summed E-state index contributed by atoms with van der Waals surface area (Å²) in [6, 6.07) is 5.04. The summed E-state index contributed by atoms with van der Waals surface area (Å²) >= 11 is 0. The van der Waals surface area contributed by atoms with E-state index >= 15 is 0 Å². The van der Waals surface area contributed by atoms with Crippen molar-refractivity contribution in [3.05, 3.63) is 29.6 Å². The van der Waals surface area contributed by atoms with Gasteiger partial charge in [-0.1, -0.05) is 12.1 Å². The summed E-state index contributed by atoms with van der Waals surface area (Å²) in [6.45, 7) is 6.30. The molecule has 1 atom stereocenters. The average Bonchev–Trinajstić information content (AvgIpc) is 2.40. The lowest BCUT2D eigenvalue weighted by Gasteiger charge is -2.36. The van der Waals surface area contributed by atoms with E-state index in [1.165, 1.54) is 7.11 Å². The summed E-state index contributed by atoms with van der Waals surface area (Å²) < 4.78 is 30.3. The number of hydrogen-bond donors (Lipinski definition) is 1.